The van der Waals surface area contributed by atoms with Gasteiger partial charge in [-0.15, -0.1) is 0 Å². The van der Waals surface area contributed by atoms with Crippen LogP contribution in [-0.2, 0) is 20.5 Å². The smallest absolute Gasteiger partial charge is 0.418 e. The van der Waals surface area contributed by atoms with Crippen LogP contribution in [0.2, 0.25) is 0 Å². The lowest BCUT2D eigenvalue weighted by Gasteiger charge is -2.16. The number of hydrogen-bond donors (Lipinski definition) is 1. The van der Waals surface area contributed by atoms with Crippen molar-refractivity contribution in [3.05, 3.63) is 71.3 Å². The topological polar surface area (TPSA) is 55.4 Å². The van der Waals surface area contributed by atoms with E-state index < -0.39 is 35.4 Å². The lowest BCUT2D eigenvalue weighted by molar-refractivity contribution is -0.148. The average Bonchev–Trinajstić information content (AvgIpc) is 2.60. The summed E-state index contributed by atoms with van der Waals surface area (Å²) < 4.78 is 43.8. The molecule has 0 saturated carbocycles. The van der Waals surface area contributed by atoms with Crippen LogP contribution in [0.25, 0.3) is 6.08 Å². The predicted octanol–water partition coefficient (Wildman–Crippen LogP) is 4.60. The Labute approximate surface area is 154 Å². The Kier molecular flexibility index (Phi) is 6.39. The number of rotatable bonds is 5. The second-order valence-electron chi connectivity index (χ2n) is 5.80. The number of hydrogen-bond acceptors (Lipinski definition) is 3. The van der Waals surface area contributed by atoms with E-state index in [1.807, 2.05) is 31.2 Å². The third-order valence-corrected chi connectivity index (χ3v) is 3.74. The standard InChI is InChI=1S/C20H18F3NO3/c1-13-7-3-4-8-15(13)11-12-18(25)27-14(2)19(26)24-17-10-6-5-9-16(17)20(21,22)23/h3-12,14H,1-2H3,(H,24,26)/b12-11+/t14-/m0/s1. The number of nitrogens with one attached hydrogen (secondary N) is 1. The van der Waals surface area contributed by atoms with Gasteiger partial charge in [0.2, 0.25) is 0 Å². The number of carbonyl (C=O) groups excluding carboxylic acids is 2. The van der Waals surface area contributed by atoms with Crippen molar-refractivity contribution in [3.63, 3.8) is 0 Å². The molecule has 0 bridgehead atoms. The lowest BCUT2D eigenvalue weighted by atomic mass is 10.1. The fourth-order valence-electron chi connectivity index (χ4n) is 2.27. The van der Waals surface area contributed by atoms with E-state index in [-0.39, 0.29) is 0 Å². The molecule has 0 aliphatic rings. The van der Waals surface area contributed by atoms with E-state index in [1.54, 1.807) is 6.08 Å². The van der Waals surface area contributed by atoms with Gasteiger partial charge in [-0.1, -0.05) is 36.4 Å². The van der Waals surface area contributed by atoms with Crippen LogP contribution in [-0.4, -0.2) is 18.0 Å². The van der Waals surface area contributed by atoms with Gasteiger partial charge >= 0.3 is 12.1 Å². The van der Waals surface area contributed by atoms with Crippen LogP contribution in [0.4, 0.5) is 18.9 Å². The molecule has 1 atom stereocenters. The number of esters is 1. The Bertz CT molecular complexity index is 860. The number of halogens is 3. The van der Waals surface area contributed by atoms with Gasteiger partial charge in [0.05, 0.1) is 11.3 Å². The molecule has 0 aliphatic heterocycles. The third kappa shape index (κ3) is 5.70. The highest BCUT2D eigenvalue weighted by molar-refractivity contribution is 5.97. The summed E-state index contributed by atoms with van der Waals surface area (Å²) >= 11 is 0. The number of ether oxygens (including phenoxy) is 1. The van der Waals surface area contributed by atoms with Gasteiger partial charge in [0.25, 0.3) is 5.91 Å². The number of alkyl halides is 3. The van der Waals surface area contributed by atoms with E-state index in [0.717, 1.165) is 29.3 Å². The molecule has 2 aromatic carbocycles. The number of amides is 1. The first-order valence-corrected chi connectivity index (χ1v) is 8.10. The summed E-state index contributed by atoms with van der Waals surface area (Å²) in [6.45, 7) is 3.16. The van der Waals surface area contributed by atoms with Crippen LogP contribution < -0.4 is 5.32 Å². The van der Waals surface area contributed by atoms with E-state index in [4.69, 9.17) is 4.74 Å². The summed E-state index contributed by atoms with van der Waals surface area (Å²) in [5.74, 6) is -1.63. The largest absolute Gasteiger partial charge is 0.449 e. The van der Waals surface area contributed by atoms with Crippen molar-refractivity contribution in [2.75, 3.05) is 5.32 Å². The minimum atomic E-state index is -4.61. The van der Waals surface area contributed by atoms with Crippen molar-refractivity contribution in [2.45, 2.75) is 26.1 Å². The molecule has 1 N–H and O–H groups in total. The van der Waals surface area contributed by atoms with E-state index >= 15 is 0 Å². The summed E-state index contributed by atoms with van der Waals surface area (Å²) in [7, 11) is 0. The quantitative estimate of drug-likeness (QED) is 0.612. The second-order valence-corrected chi connectivity index (χ2v) is 5.80. The van der Waals surface area contributed by atoms with E-state index in [1.165, 1.54) is 19.1 Å². The van der Waals surface area contributed by atoms with E-state index in [0.29, 0.717) is 0 Å². The third-order valence-electron chi connectivity index (χ3n) is 3.74. The molecule has 2 rings (SSSR count). The van der Waals surface area contributed by atoms with Crippen LogP contribution in [0.3, 0.4) is 0 Å². The summed E-state index contributed by atoms with van der Waals surface area (Å²) in [5, 5.41) is 2.14. The predicted molar refractivity (Wildman–Crippen MR) is 95.8 cm³/mol. The Morgan fingerprint density at radius 2 is 1.70 bits per heavy atom. The maximum absolute atomic E-state index is 13.0. The van der Waals surface area contributed by atoms with Gasteiger partial charge in [-0.25, -0.2) is 4.79 Å². The molecule has 0 aromatic heterocycles. The second kappa shape index (κ2) is 8.53. The first-order valence-electron chi connectivity index (χ1n) is 8.10. The van der Waals surface area contributed by atoms with Crippen LogP contribution in [0.15, 0.2) is 54.6 Å². The monoisotopic (exact) mass is 377 g/mol. The SMILES string of the molecule is Cc1ccccc1/C=C/C(=O)O[C@@H](C)C(=O)Nc1ccccc1C(F)(F)F. The van der Waals surface area contributed by atoms with E-state index in [2.05, 4.69) is 5.32 Å². The average molecular weight is 377 g/mol. The van der Waals surface area contributed by atoms with Gasteiger partial charge in [-0.05, 0) is 43.2 Å². The maximum atomic E-state index is 13.0. The minimum absolute atomic E-state index is 0.395. The van der Waals surface area contributed by atoms with Crippen LogP contribution in [0.1, 0.15) is 23.6 Å². The number of aryl methyl sites for hydroxylation is 1. The van der Waals surface area contributed by atoms with Crippen molar-refractivity contribution >= 4 is 23.6 Å². The fourth-order valence-corrected chi connectivity index (χ4v) is 2.27. The normalized spacial score (nSPS) is 12.6. The minimum Gasteiger partial charge on any atom is -0.449 e. The summed E-state index contributed by atoms with van der Waals surface area (Å²) in [6.07, 6.45) is -3.17. The summed E-state index contributed by atoms with van der Waals surface area (Å²) in [4.78, 5) is 23.9. The molecular weight excluding hydrogens is 359 g/mol. The first-order chi connectivity index (χ1) is 12.7. The molecule has 0 spiro atoms. The van der Waals surface area contributed by atoms with Crippen molar-refractivity contribution < 1.29 is 27.5 Å². The van der Waals surface area contributed by atoms with Crippen LogP contribution in [0, 0.1) is 6.92 Å². The molecule has 1 amide bonds. The fraction of sp³-hybridized carbons (Fsp3) is 0.200. The van der Waals surface area contributed by atoms with Crippen LogP contribution >= 0.6 is 0 Å². The van der Waals surface area contributed by atoms with E-state index in [9.17, 15) is 22.8 Å². The lowest BCUT2D eigenvalue weighted by Crippen LogP contribution is -2.30. The molecule has 0 unspecified atom stereocenters. The number of carbonyl (C=O) groups is 2. The van der Waals surface area contributed by atoms with Crippen molar-refractivity contribution in [2.24, 2.45) is 0 Å². The van der Waals surface area contributed by atoms with Crippen LogP contribution in [0.5, 0.6) is 0 Å². The molecule has 0 fully saturated rings. The zero-order chi connectivity index (χ0) is 20.0. The number of benzene rings is 2. The van der Waals surface area contributed by atoms with Gasteiger partial charge in [0, 0.05) is 6.08 Å². The first kappa shape index (κ1) is 20.2. The Hall–Kier alpha value is -3.09. The Balaban J connectivity index is 2.00. The Morgan fingerprint density at radius 1 is 1.07 bits per heavy atom. The van der Waals surface area contributed by atoms with Gasteiger partial charge < -0.3 is 10.1 Å². The molecule has 0 aliphatic carbocycles. The molecule has 4 nitrogen and oxygen atoms in total. The Morgan fingerprint density at radius 3 is 2.37 bits per heavy atom. The molecule has 0 radical (unpaired) electrons. The number of anilines is 1. The molecule has 2 aromatic rings. The van der Waals surface area contributed by atoms with Crippen molar-refractivity contribution in [3.8, 4) is 0 Å². The highest BCUT2D eigenvalue weighted by atomic mass is 19.4. The van der Waals surface area contributed by atoms with Gasteiger partial charge in [0.15, 0.2) is 6.10 Å². The highest BCUT2D eigenvalue weighted by Gasteiger charge is 2.34. The summed E-state index contributed by atoms with van der Waals surface area (Å²) in [6, 6.07) is 11.9. The maximum Gasteiger partial charge on any atom is 0.418 e. The zero-order valence-corrected chi connectivity index (χ0v) is 14.7. The molecular formula is C20H18F3NO3. The molecule has 7 heteroatoms. The van der Waals surface area contributed by atoms with Crippen molar-refractivity contribution in [1.82, 2.24) is 0 Å². The molecule has 142 valence electrons. The number of para-hydroxylation sites is 1. The highest BCUT2D eigenvalue weighted by Crippen LogP contribution is 2.34. The molecule has 27 heavy (non-hydrogen) atoms. The van der Waals surface area contributed by atoms with Gasteiger partial charge in [-0.2, -0.15) is 13.2 Å². The van der Waals surface area contributed by atoms with Gasteiger partial charge in [-0.3, -0.25) is 4.79 Å². The summed E-state index contributed by atoms with van der Waals surface area (Å²) in [5.41, 5.74) is 0.395. The van der Waals surface area contributed by atoms with Crippen molar-refractivity contribution in [1.29, 1.82) is 0 Å². The molecule has 0 saturated heterocycles. The van der Waals surface area contributed by atoms with Gasteiger partial charge in [0.1, 0.15) is 0 Å². The molecule has 0 heterocycles. The zero-order valence-electron chi connectivity index (χ0n) is 14.7.